The zero-order valence-electron chi connectivity index (χ0n) is 11.2. The van der Waals surface area contributed by atoms with E-state index in [0.717, 1.165) is 22.2 Å². The van der Waals surface area contributed by atoms with E-state index in [1.54, 1.807) is 0 Å². The standard InChI is InChI=1S/C16H17N3O/c17-11-13-5-2-4-8-16(13)20-10-9-19-15-7-3-1-6-14(15)12-18-19/h1-8,12H,9-11,17H2. The van der Waals surface area contributed by atoms with E-state index in [9.17, 15) is 0 Å². The van der Waals surface area contributed by atoms with Gasteiger partial charge in [-0.15, -0.1) is 0 Å². The lowest BCUT2D eigenvalue weighted by atomic mass is 10.2. The summed E-state index contributed by atoms with van der Waals surface area (Å²) >= 11 is 0. The minimum absolute atomic E-state index is 0.487. The van der Waals surface area contributed by atoms with Crippen molar-refractivity contribution in [3.8, 4) is 5.75 Å². The van der Waals surface area contributed by atoms with Gasteiger partial charge in [-0.25, -0.2) is 0 Å². The van der Waals surface area contributed by atoms with Gasteiger partial charge in [-0.2, -0.15) is 5.10 Å². The summed E-state index contributed by atoms with van der Waals surface area (Å²) < 4.78 is 7.77. The van der Waals surface area contributed by atoms with Crippen LogP contribution in [0.1, 0.15) is 5.56 Å². The summed E-state index contributed by atoms with van der Waals surface area (Å²) in [6.07, 6.45) is 1.88. The molecule has 0 fully saturated rings. The summed E-state index contributed by atoms with van der Waals surface area (Å²) in [5, 5.41) is 5.53. The van der Waals surface area contributed by atoms with Crippen LogP contribution in [-0.4, -0.2) is 16.4 Å². The molecular formula is C16H17N3O. The lowest BCUT2D eigenvalue weighted by Crippen LogP contribution is -2.10. The van der Waals surface area contributed by atoms with Crippen molar-refractivity contribution in [3.05, 3.63) is 60.3 Å². The number of nitrogens with zero attached hydrogens (tertiary/aromatic N) is 2. The molecule has 2 N–H and O–H groups in total. The lowest BCUT2D eigenvalue weighted by Gasteiger charge is -2.10. The summed E-state index contributed by atoms with van der Waals surface area (Å²) in [7, 11) is 0. The Hall–Kier alpha value is -2.33. The quantitative estimate of drug-likeness (QED) is 0.773. The highest BCUT2D eigenvalue weighted by Gasteiger charge is 2.03. The smallest absolute Gasteiger partial charge is 0.123 e. The Morgan fingerprint density at radius 3 is 2.75 bits per heavy atom. The lowest BCUT2D eigenvalue weighted by molar-refractivity contribution is 0.291. The Balaban J connectivity index is 1.68. The predicted molar refractivity (Wildman–Crippen MR) is 79.6 cm³/mol. The second-order valence-corrected chi connectivity index (χ2v) is 4.59. The normalized spacial score (nSPS) is 10.8. The second-order valence-electron chi connectivity index (χ2n) is 4.59. The molecule has 0 aliphatic rings. The van der Waals surface area contributed by atoms with Crippen LogP contribution < -0.4 is 10.5 Å². The molecule has 0 atom stereocenters. The first kappa shape index (κ1) is 12.7. The Labute approximate surface area is 117 Å². The van der Waals surface area contributed by atoms with E-state index in [1.807, 2.05) is 47.3 Å². The van der Waals surface area contributed by atoms with Crippen LogP contribution >= 0.6 is 0 Å². The molecule has 3 rings (SSSR count). The summed E-state index contributed by atoms with van der Waals surface area (Å²) in [4.78, 5) is 0. The van der Waals surface area contributed by atoms with Gasteiger partial charge >= 0.3 is 0 Å². The van der Waals surface area contributed by atoms with Gasteiger partial charge in [-0.3, -0.25) is 4.68 Å². The molecule has 1 heterocycles. The van der Waals surface area contributed by atoms with E-state index >= 15 is 0 Å². The van der Waals surface area contributed by atoms with Gasteiger partial charge in [-0.05, 0) is 12.1 Å². The molecule has 4 heteroatoms. The summed E-state index contributed by atoms with van der Waals surface area (Å²) in [5.74, 6) is 0.853. The number of para-hydroxylation sites is 2. The first-order chi connectivity index (χ1) is 9.88. The van der Waals surface area contributed by atoms with Gasteiger partial charge in [0.15, 0.2) is 0 Å². The number of hydrogen-bond acceptors (Lipinski definition) is 3. The Kier molecular flexibility index (Phi) is 3.65. The van der Waals surface area contributed by atoms with Gasteiger partial charge < -0.3 is 10.5 Å². The van der Waals surface area contributed by atoms with Crippen molar-refractivity contribution >= 4 is 10.9 Å². The molecule has 0 saturated heterocycles. The van der Waals surface area contributed by atoms with Gasteiger partial charge in [0.2, 0.25) is 0 Å². The maximum atomic E-state index is 5.81. The Morgan fingerprint density at radius 1 is 1.05 bits per heavy atom. The molecule has 1 aromatic heterocycles. The van der Waals surface area contributed by atoms with Crippen LogP contribution in [0.25, 0.3) is 10.9 Å². The van der Waals surface area contributed by atoms with Gasteiger partial charge in [0.05, 0.1) is 18.3 Å². The van der Waals surface area contributed by atoms with Crippen LogP contribution in [0, 0.1) is 0 Å². The molecule has 2 aromatic carbocycles. The number of aromatic nitrogens is 2. The zero-order chi connectivity index (χ0) is 13.8. The minimum Gasteiger partial charge on any atom is -0.491 e. The molecule has 4 nitrogen and oxygen atoms in total. The fourth-order valence-electron chi connectivity index (χ4n) is 2.26. The highest BCUT2D eigenvalue weighted by Crippen LogP contribution is 2.17. The SMILES string of the molecule is NCc1ccccc1OCCn1ncc2ccccc21. The summed E-state index contributed by atoms with van der Waals surface area (Å²) in [6, 6.07) is 16.0. The molecule has 0 unspecified atom stereocenters. The predicted octanol–water partition coefficient (Wildman–Crippen LogP) is 2.57. The molecule has 0 amide bonds. The number of hydrogen-bond donors (Lipinski definition) is 1. The van der Waals surface area contributed by atoms with Crippen LogP contribution in [-0.2, 0) is 13.1 Å². The van der Waals surface area contributed by atoms with Crippen molar-refractivity contribution < 1.29 is 4.74 Å². The van der Waals surface area contributed by atoms with Gasteiger partial charge in [0, 0.05) is 17.5 Å². The van der Waals surface area contributed by atoms with E-state index in [0.29, 0.717) is 19.7 Å². The molecular weight excluding hydrogens is 250 g/mol. The van der Waals surface area contributed by atoms with Gasteiger partial charge in [-0.1, -0.05) is 36.4 Å². The Bertz CT molecular complexity index is 706. The number of rotatable bonds is 5. The molecule has 0 spiro atoms. The maximum absolute atomic E-state index is 5.81. The van der Waals surface area contributed by atoms with E-state index in [4.69, 9.17) is 10.5 Å². The zero-order valence-corrected chi connectivity index (χ0v) is 11.2. The van der Waals surface area contributed by atoms with E-state index < -0.39 is 0 Å². The summed E-state index contributed by atoms with van der Waals surface area (Å²) in [5.41, 5.74) is 7.85. The average Bonchev–Trinajstić information content (AvgIpc) is 2.91. The van der Waals surface area contributed by atoms with Crippen molar-refractivity contribution in [1.82, 2.24) is 9.78 Å². The van der Waals surface area contributed by atoms with Crippen molar-refractivity contribution in [2.24, 2.45) is 5.73 Å². The largest absolute Gasteiger partial charge is 0.491 e. The van der Waals surface area contributed by atoms with Gasteiger partial charge in [0.1, 0.15) is 12.4 Å². The number of benzene rings is 2. The third-order valence-electron chi connectivity index (χ3n) is 3.30. The molecule has 0 bridgehead atoms. The van der Waals surface area contributed by atoms with Crippen molar-refractivity contribution in [1.29, 1.82) is 0 Å². The fraction of sp³-hybridized carbons (Fsp3) is 0.188. The monoisotopic (exact) mass is 267 g/mol. The first-order valence-corrected chi connectivity index (χ1v) is 6.70. The van der Waals surface area contributed by atoms with Crippen LogP contribution in [0.4, 0.5) is 0 Å². The van der Waals surface area contributed by atoms with Crippen LogP contribution in [0.5, 0.6) is 5.75 Å². The molecule has 0 radical (unpaired) electrons. The van der Waals surface area contributed by atoms with E-state index in [-0.39, 0.29) is 0 Å². The average molecular weight is 267 g/mol. The first-order valence-electron chi connectivity index (χ1n) is 6.70. The fourth-order valence-corrected chi connectivity index (χ4v) is 2.26. The van der Waals surface area contributed by atoms with Crippen LogP contribution in [0.15, 0.2) is 54.7 Å². The minimum atomic E-state index is 0.487. The van der Waals surface area contributed by atoms with Crippen molar-refractivity contribution in [3.63, 3.8) is 0 Å². The number of fused-ring (bicyclic) bond motifs is 1. The second kappa shape index (κ2) is 5.75. The molecule has 0 aliphatic heterocycles. The molecule has 3 aromatic rings. The molecule has 102 valence electrons. The number of nitrogens with two attached hydrogens (primary N) is 1. The molecule has 0 saturated carbocycles. The topological polar surface area (TPSA) is 53.1 Å². The third kappa shape index (κ3) is 2.51. The van der Waals surface area contributed by atoms with Crippen LogP contribution in [0.3, 0.4) is 0 Å². The van der Waals surface area contributed by atoms with Gasteiger partial charge in [0.25, 0.3) is 0 Å². The number of ether oxygens (including phenoxy) is 1. The maximum Gasteiger partial charge on any atom is 0.123 e. The van der Waals surface area contributed by atoms with Crippen molar-refractivity contribution in [2.45, 2.75) is 13.1 Å². The Morgan fingerprint density at radius 2 is 1.85 bits per heavy atom. The van der Waals surface area contributed by atoms with E-state index in [2.05, 4.69) is 17.2 Å². The highest BCUT2D eigenvalue weighted by molar-refractivity contribution is 5.78. The third-order valence-corrected chi connectivity index (χ3v) is 3.30. The van der Waals surface area contributed by atoms with Crippen molar-refractivity contribution in [2.75, 3.05) is 6.61 Å². The molecule has 20 heavy (non-hydrogen) atoms. The van der Waals surface area contributed by atoms with Crippen LogP contribution in [0.2, 0.25) is 0 Å². The molecule has 0 aliphatic carbocycles. The summed E-state index contributed by atoms with van der Waals surface area (Å²) in [6.45, 7) is 1.77. The van der Waals surface area contributed by atoms with E-state index in [1.165, 1.54) is 0 Å². The highest BCUT2D eigenvalue weighted by atomic mass is 16.5.